The summed E-state index contributed by atoms with van der Waals surface area (Å²) < 4.78 is 12.9. The fourth-order valence-corrected chi connectivity index (χ4v) is 2.01. The average Bonchev–Trinajstić information content (AvgIpc) is 2.37. The molecule has 0 fully saturated rings. The second-order valence-corrected chi connectivity index (χ2v) is 5.18. The Hall–Kier alpha value is -1.42. The molecular weight excluding hydrogens is 243 g/mol. The minimum absolute atomic E-state index is 0.143. The SMILES string of the molecule is CCC[C@H](N)C(=O)NC(c1ccc(F)cc1)C(C)C. The minimum atomic E-state index is -0.480. The largest absolute Gasteiger partial charge is 0.348 e. The molecular formula is C15H23FN2O. The molecule has 0 aromatic heterocycles. The maximum Gasteiger partial charge on any atom is 0.237 e. The first-order chi connectivity index (χ1) is 8.95. The average molecular weight is 266 g/mol. The van der Waals surface area contributed by atoms with Crippen molar-refractivity contribution in [2.45, 2.75) is 45.7 Å². The van der Waals surface area contributed by atoms with Crippen LogP contribution in [-0.4, -0.2) is 11.9 Å². The van der Waals surface area contributed by atoms with E-state index in [0.717, 1.165) is 12.0 Å². The third kappa shape index (κ3) is 4.63. The first-order valence-electron chi connectivity index (χ1n) is 6.77. The molecule has 4 heteroatoms. The molecule has 0 spiro atoms. The molecule has 1 aromatic rings. The highest BCUT2D eigenvalue weighted by Gasteiger charge is 2.21. The number of carbonyl (C=O) groups is 1. The monoisotopic (exact) mass is 266 g/mol. The number of hydrogen-bond donors (Lipinski definition) is 2. The van der Waals surface area contributed by atoms with Crippen LogP contribution in [0.1, 0.15) is 45.2 Å². The van der Waals surface area contributed by atoms with E-state index in [1.54, 1.807) is 12.1 Å². The van der Waals surface area contributed by atoms with Gasteiger partial charge in [-0.3, -0.25) is 4.79 Å². The van der Waals surface area contributed by atoms with E-state index in [4.69, 9.17) is 5.73 Å². The lowest BCUT2D eigenvalue weighted by atomic mass is 9.95. The predicted molar refractivity (Wildman–Crippen MR) is 75.0 cm³/mol. The van der Waals surface area contributed by atoms with E-state index in [1.165, 1.54) is 12.1 Å². The normalized spacial score (nSPS) is 14.2. The van der Waals surface area contributed by atoms with Crippen molar-refractivity contribution in [2.24, 2.45) is 11.7 Å². The van der Waals surface area contributed by atoms with E-state index in [0.29, 0.717) is 6.42 Å². The van der Waals surface area contributed by atoms with Crippen LogP contribution >= 0.6 is 0 Å². The Bertz CT molecular complexity index is 403. The fourth-order valence-electron chi connectivity index (χ4n) is 2.01. The van der Waals surface area contributed by atoms with Crippen molar-refractivity contribution in [2.75, 3.05) is 0 Å². The van der Waals surface area contributed by atoms with Crippen molar-refractivity contribution in [3.8, 4) is 0 Å². The maximum absolute atomic E-state index is 12.9. The molecule has 3 nitrogen and oxygen atoms in total. The Kier molecular flexibility index (Phi) is 5.96. The zero-order valence-electron chi connectivity index (χ0n) is 11.8. The van der Waals surface area contributed by atoms with Gasteiger partial charge in [0, 0.05) is 0 Å². The van der Waals surface area contributed by atoms with Crippen LogP contribution in [0.2, 0.25) is 0 Å². The van der Waals surface area contributed by atoms with Crippen molar-refractivity contribution >= 4 is 5.91 Å². The number of amides is 1. The lowest BCUT2D eigenvalue weighted by Gasteiger charge is -2.24. The van der Waals surface area contributed by atoms with Crippen LogP contribution in [0.25, 0.3) is 0 Å². The second kappa shape index (κ2) is 7.24. The van der Waals surface area contributed by atoms with Crippen LogP contribution in [0.4, 0.5) is 4.39 Å². The molecule has 1 aromatic carbocycles. The van der Waals surface area contributed by atoms with Gasteiger partial charge in [0.1, 0.15) is 5.82 Å². The summed E-state index contributed by atoms with van der Waals surface area (Å²) in [5.41, 5.74) is 6.70. The molecule has 0 bridgehead atoms. The summed E-state index contributed by atoms with van der Waals surface area (Å²) >= 11 is 0. The zero-order chi connectivity index (χ0) is 14.4. The highest BCUT2D eigenvalue weighted by molar-refractivity contribution is 5.81. The van der Waals surface area contributed by atoms with Gasteiger partial charge in [-0.25, -0.2) is 4.39 Å². The number of nitrogens with two attached hydrogens (primary N) is 1. The highest BCUT2D eigenvalue weighted by Crippen LogP contribution is 2.22. The van der Waals surface area contributed by atoms with Crippen LogP contribution < -0.4 is 11.1 Å². The van der Waals surface area contributed by atoms with Crippen LogP contribution in [0.5, 0.6) is 0 Å². The number of rotatable bonds is 6. The van der Waals surface area contributed by atoms with Gasteiger partial charge in [0.2, 0.25) is 5.91 Å². The molecule has 0 aliphatic heterocycles. The lowest BCUT2D eigenvalue weighted by Crippen LogP contribution is -2.43. The molecule has 0 saturated heterocycles. The van der Waals surface area contributed by atoms with Crippen molar-refractivity contribution < 1.29 is 9.18 Å². The highest BCUT2D eigenvalue weighted by atomic mass is 19.1. The minimum Gasteiger partial charge on any atom is -0.348 e. The third-order valence-corrected chi connectivity index (χ3v) is 3.13. The summed E-state index contributed by atoms with van der Waals surface area (Å²) in [6.45, 7) is 6.02. The van der Waals surface area contributed by atoms with Crippen LogP contribution in [-0.2, 0) is 4.79 Å². The van der Waals surface area contributed by atoms with Crippen molar-refractivity contribution in [1.82, 2.24) is 5.32 Å². The number of nitrogens with one attached hydrogen (secondary N) is 1. The Balaban J connectivity index is 2.79. The molecule has 106 valence electrons. The molecule has 1 amide bonds. The first-order valence-corrected chi connectivity index (χ1v) is 6.77. The second-order valence-electron chi connectivity index (χ2n) is 5.18. The standard InChI is InChI=1S/C15H23FN2O/c1-4-5-13(17)15(19)18-14(10(2)3)11-6-8-12(16)9-7-11/h6-10,13-14H,4-5,17H2,1-3H3,(H,18,19)/t13-,14?/m0/s1. The Morgan fingerprint density at radius 1 is 1.32 bits per heavy atom. The number of carbonyl (C=O) groups excluding carboxylic acids is 1. The van der Waals surface area contributed by atoms with Gasteiger partial charge in [0.05, 0.1) is 12.1 Å². The Morgan fingerprint density at radius 2 is 1.89 bits per heavy atom. The Labute approximate surface area is 114 Å². The van der Waals surface area contributed by atoms with E-state index in [2.05, 4.69) is 5.32 Å². The molecule has 1 unspecified atom stereocenters. The summed E-state index contributed by atoms with van der Waals surface area (Å²) in [6, 6.07) is 5.59. The van der Waals surface area contributed by atoms with Gasteiger partial charge in [-0.05, 0) is 30.0 Å². The molecule has 0 heterocycles. The summed E-state index contributed by atoms with van der Waals surface area (Å²) in [4.78, 5) is 12.0. The third-order valence-electron chi connectivity index (χ3n) is 3.13. The summed E-state index contributed by atoms with van der Waals surface area (Å²) in [5.74, 6) is -0.214. The first kappa shape index (κ1) is 15.6. The van der Waals surface area contributed by atoms with E-state index < -0.39 is 6.04 Å². The Morgan fingerprint density at radius 3 is 2.37 bits per heavy atom. The number of hydrogen-bond acceptors (Lipinski definition) is 2. The van der Waals surface area contributed by atoms with Crippen molar-refractivity contribution in [1.29, 1.82) is 0 Å². The van der Waals surface area contributed by atoms with Crippen LogP contribution in [0.3, 0.4) is 0 Å². The van der Waals surface area contributed by atoms with Gasteiger partial charge < -0.3 is 11.1 Å². The molecule has 0 radical (unpaired) electrons. The van der Waals surface area contributed by atoms with Crippen LogP contribution in [0, 0.1) is 11.7 Å². The smallest absolute Gasteiger partial charge is 0.237 e. The van der Waals surface area contributed by atoms with E-state index >= 15 is 0 Å². The van der Waals surface area contributed by atoms with E-state index in [1.807, 2.05) is 20.8 Å². The molecule has 3 N–H and O–H groups in total. The number of halogens is 1. The fraction of sp³-hybridized carbons (Fsp3) is 0.533. The molecule has 1 rings (SSSR count). The maximum atomic E-state index is 12.9. The van der Waals surface area contributed by atoms with Crippen molar-refractivity contribution in [3.05, 3.63) is 35.6 Å². The molecule has 2 atom stereocenters. The summed E-state index contributed by atoms with van der Waals surface area (Å²) in [6.07, 6.45) is 1.54. The van der Waals surface area contributed by atoms with Crippen LogP contribution in [0.15, 0.2) is 24.3 Å². The topological polar surface area (TPSA) is 55.1 Å². The lowest BCUT2D eigenvalue weighted by molar-refractivity contribution is -0.123. The van der Waals surface area contributed by atoms with Crippen molar-refractivity contribution in [3.63, 3.8) is 0 Å². The van der Waals surface area contributed by atoms with Gasteiger partial charge in [0.15, 0.2) is 0 Å². The summed E-state index contributed by atoms with van der Waals surface area (Å²) in [7, 11) is 0. The van der Waals surface area contributed by atoms with Gasteiger partial charge in [0.25, 0.3) is 0 Å². The van der Waals surface area contributed by atoms with Gasteiger partial charge in [-0.15, -0.1) is 0 Å². The quantitative estimate of drug-likeness (QED) is 0.832. The summed E-state index contributed by atoms with van der Waals surface area (Å²) in [5, 5.41) is 2.95. The van der Waals surface area contributed by atoms with Gasteiger partial charge in [-0.1, -0.05) is 39.3 Å². The van der Waals surface area contributed by atoms with Gasteiger partial charge in [-0.2, -0.15) is 0 Å². The van der Waals surface area contributed by atoms with E-state index in [-0.39, 0.29) is 23.7 Å². The molecule has 0 saturated carbocycles. The van der Waals surface area contributed by atoms with Gasteiger partial charge >= 0.3 is 0 Å². The molecule has 0 aliphatic carbocycles. The zero-order valence-corrected chi connectivity index (χ0v) is 11.8. The molecule has 19 heavy (non-hydrogen) atoms. The molecule has 0 aliphatic rings. The number of benzene rings is 1. The van der Waals surface area contributed by atoms with E-state index in [9.17, 15) is 9.18 Å². The predicted octanol–water partition coefficient (Wildman–Crippen LogP) is 2.77.